The van der Waals surface area contributed by atoms with Crippen molar-refractivity contribution in [2.24, 2.45) is 16.8 Å². The molecule has 0 radical (unpaired) electrons. The van der Waals surface area contributed by atoms with Crippen LogP contribution in [0.1, 0.15) is 21.6 Å². The highest BCUT2D eigenvalue weighted by molar-refractivity contribution is 7.98. The fourth-order valence-corrected chi connectivity index (χ4v) is 4.39. The molecule has 1 aromatic carbocycles. The largest absolute Gasteiger partial charge is 0.321 e. The standard InChI is InChI=1S/C19H18N6OS2/c1-11-5-14(10-27-11)15-7-17(26)23-19(16(15)8-20)28-9-12-3-2-4-13(6-12)18(24-21)25-22/h2-7,10H,9,21-22H2,1H3,(H,23,26)(H,24,25). The minimum Gasteiger partial charge on any atom is -0.321 e. The Morgan fingerprint density at radius 3 is 2.86 bits per heavy atom. The van der Waals surface area contributed by atoms with E-state index in [9.17, 15) is 10.1 Å². The number of amidine groups is 1. The van der Waals surface area contributed by atoms with Gasteiger partial charge in [0.2, 0.25) is 5.56 Å². The highest BCUT2D eigenvalue weighted by Crippen LogP contribution is 2.32. The molecule has 7 nitrogen and oxygen atoms in total. The number of benzene rings is 1. The molecule has 0 aliphatic carbocycles. The van der Waals surface area contributed by atoms with Gasteiger partial charge in [0.15, 0.2) is 5.84 Å². The smallest absolute Gasteiger partial charge is 0.249 e. The number of hydrogen-bond donors (Lipinski definition) is 4. The maximum absolute atomic E-state index is 12.2. The highest BCUT2D eigenvalue weighted by Gasteiger charge is 2.14. The molecule has 142 valence electrons. The van der Waals surface area contributed by atoms with Gasteiger partial charge in [-0.2, -0.15) is 10.4 Å². The Morgan fingerprint density at radius 2 is 2.21 bits per heavy atom. The van der Waals surface area contributed by atoms with Crippen molar-refractivity contribution in [3.63, 3.8) is 0 Å². The number of thioether (sulfide) groups is 1. The summed E-state index contributed by atoms with van der Waals surface area (Å²) >= 11 is 2.98. The Labute approximate surface area is 170 Å². The Hall–Kier alpha value is -3.06. The first-order valence-electron chi connectivity index (χ1n) is 8.25. The van der Waals surface area contributed by atoms with Crippen LogP contribution in [0.5, 0.6) is 0 Å². The molecule has 3 aromatic rings. The summed E-state index contributed by atoms with van der Waals surface area (Å²) in [5, 5.41) is 15.8. The molecule has 0 amide bonds. The second-order valence-electron chi connectivity index (χ2n) is 5.92. The average Bonchev–Trinajstić information content (AvgIpc) is 3.13. The summed E-state index contributed by atoms with van der Waals surface area (Å²) in [7, 11) is 0. The SMILES string of the molecule is Cc1cc(-c2cc(=O)[nH]c(SCc3cccc(/C(=N/N)NN)c3)c2C#N)cs1. The quantitative estimate of drug-likeness (QED) is 0.168. The zero-order valence-electron chi connectivity index (χ0n) is 15.0. The number of hydrogen-bond acceptors (Lipinski definition) is 7. The molecule has 0 saturated heterocycles. The lowest BCUT2D eigenvalue weighted by molar-refractivity contribution is 1.00. The molecule has 2 aromatic heterocycles. The molecule has 0 saturated carbocycles. The summed E-state index contributed by atoms with van der Waals surface area (Å²) in [6.45, 7) is 1.99. The van der Waals surface area contributed by atoms with Crippen molar-refractivity contribution in [1.82, 2.24) is 10.4 Å². The number of pyridine rings is 1. The van der Waals surface area contributed by atoms with Gasteiger partial charge in [0.25, 0.3) is 0 Å². The topological polar surface area (TPSA) is 133 Å². The van der Waals surface area contributed by atoms with Crippen molar-refractivity contribution in [3.8, 4) is 17.2 Å². The molecule has 0 aliphatic rings. The molecular formula is C19H18N6OS2. The van der Waals surface area contributed by atoms with Gasteiger partial charge >= 0.3 is 0 Å². The lowest BCUT2D eigenvalue weighted by Crippen LogP contribution is -2.32. The number of thiophene rings is 1. The van der Waals surface area contributed by atoms with E-state index < -0.39 is 0 Å². The number of nitrogens with one attached hydrogen (secondary N) is 2. The van der Waals surface area contributed by atoms with Crippen LogP contribution < -0.4 is 22.7 Å². The van der Waals surface area contributed by atoms with Crippen LogP contribution in [0.4, 0.5) is 0 Å². The first-order chi connectivity index (χ1) is 13.5. The summed E-state index contributed by atoms with van der Waals surface area (Å²) in [6.07, 6.45) is 0. The molecule has 0 fully saturated rings. The predicted octanol–water partition coefficient (Wildman–Crippen LogP) is 2.66. The van der Waals surface area contributed by atoms with Crippen LogP contribution in [0.2, 0.25) is 0 Å². The third-order valence-corrected chi connectivity index (χ3v) is 5.95. The molecule has 6 N–H and O–H groups in total. The summed E-state index contributed by atoms with van der Waals surface area (Å²) < 4.78 is 0. The Bertz CT molecular complexity index is 1130. The highest BCUT2D eigenvalue weighted by atomic mass is 32.2. The zero-order valence-corrected chi connectivity index (χ0v) is 16.7. The van der Waals surface area contributed by atoms with Gasteiger partial charge in [-0.05, 0) is 35.6 Å². The van der Waals surface area contributed by atoms with Crippen molar-refractivity contribution in [2.45, 2.75) is 17.7 Å². The summed E-state index contributed by atoms with van der Waals surface area (Å²) in [5.41, 5.74) is 5.93. The van der Waals surface area contributed by atoms with Crippen LogP contribution in [0.15, 0.2) is 56.7 Å². The molecule has 28 heavy (non-hydrogen) atoms. The van der Waals surface area contributed by atoms with Crippen LogP contribution >= 0.6 is 23.1 Å². The van der Waals surface area contributed by atoms with Crippen LogP contribution in [0.25, 0.3) is 11.1 Å². The van der Waals surface area contributed by atoms with Gasteiger partial charge in [0.05, 0.1) is 10.6 Å². The molecule has 9 heteroatoms. The number of aromatic nitrogens is 1. The second-order valence-corrected chi connectivity index (χ2v) is 8.02. The van der Waals surface area contributed by atoms with E-state index in [2.05, 4.69) is 21.6 Å². The normalized spacial score (nSPS) is 11.2. The van der Waals surface area contributed by atoms with Gasteiger partial charge in [-0.3, -0.25) is 4.79 Å². The van der Waals surface area contributed by atoms with Crippen LogP contribution in [0, 0.1) is 18.3 Å². The molecular weight excluding hydrogens is 392 g/mol. The first kappa shape index (κ1) is 19.7. The van der Waals surface area contributed by atoms with Crippen molar-refractivity contribution in [2.75, 3.05) is 0 Å². The van der Waals surface area contributed by atoms with Gasteiger partial charge in [-0.1, -0.05) is 18.2 Å². The molecule has 0 unspecified atom stereocenters. The fourth-order valence-electron chi connectivity index (χ4n) is 2.73. The van der Waals surface area contributed by atoms with Gasteiger partial charge in [-0.25, -0.2) is 5.84 Å². The number of aryl methyl sites for hydroxylation is 1. The van der Waals surface area contributed by atoms with Gasteiger partial charge in [0, 0.05) is 27.8 Å². The molecule has 3 rings (SSSR count). The first-order valence-corrected chi connectivity index (χ1v) is 10.1. The van der Waals surface area contributed by atoms with E-state index in [1.54, 1.807) is 11.3 Å². The molecule has 0 aliphatic heterocycles. The minimum atomic E-state index is -0.237. The van der Waals surface area contributed by atoms with E-state index in [0.29, 0.717) is 27.7 Å². The van der Waals surface area contributed by atoms with E-state index in [-0.39, 0.29) is 5.56 Å². The number of rotatable bonds is 5. The maximum atomic E-state index is 12.2. The average molecular weight is 411 g/mol. The van der Waals surface area contributed by atoms with E-state index >= 15 is 0 Å². The third kappa shape index (κ3) is 4.26. The number of H-pyrrole nitrogens is 1. The number of aromatic amines is 1. The van der Waals surface area contributed by atoms with Crippen molar-refractivity contribution >= 4 is 28.9 Å². The summed E-state index contributed by atoms with van der Waals surface area (Å²) in [4.78, 5) is 16.1. The lowest BCUT2D eigenvalue weighted by atomic mass is 10.1. The number of nitrogens with zero attached hydrogens (tertiary/aromatic N) is 2. The van der Waals surface area contributed by atoms with Crippen molar-refractivity contribution in [1.29, 1.82) is 5.26 Å². The Morgan fingerprint density at radius 1 is 1.39 bits per heavy atom. The minimum absolute atomic E-state index is 0.237. The predicted molar refractivity (Wildman–Crippen MR) is 114 cm³/mol. The van der Waals surface area contributed by atoms with Gasteiger partial charge in [-0.15, -0.1) is 23.1 Å². The zero-order chi connectivity index (χ0) is 20.1. The Kier molecular flexibility index (Phi) is 6.16. The summed E-state index contributed by atoms with van der Waals surface area (Å²) in [6, 6.07) is 13.2. The van der Waals surface area contributed by atoms with E-state index in [0.717, 1.165) is 21.6 Å². The molecule has 0 bridgehead atoms. The molecule has 0 atom stereocenters. The van der Waals surface area contributed by atoms with Crippen LogP contribution in [-0.2, 0) is 5.75 Å². The Balaban J connectivity index is 1.92. The van der Waals surface area contributed by atoms with Crippen molar-refractivity contribution < 1.29 is 0 Å². The van der Waals surface area contributed by atoms with Gasteiger partial charge in [0.1, 0.15) is 6.07 Å². The van der Waals surface area contributed by atoms with Crippen molar-refractivity contribution in [3.05, 3.63) is 73.7 Å². The van der Waals surface area contributed by atoms with Crippen LogP contribution in [-0.4, -0.2) is 10.8 Å². The number of hydrazine groups is 1. The van der Waals surface area contributed by atoms with Gasteiger partial charge < -0.3 is 16.3 Å². The number of nitrogens with two attached hydrogens (primary N) is 2. The van der Waals surface area contributed by atoms with E-state index in [1.165, 1.54) is 17.8 Å². The second kappa shape index (κ2) is 8.75. The van der Waals surface area contributed by atoms with E-state index in [4.69, 9.17) is 11.7 Å². The monoisotopic (exact) mass is 410 g/mol. The lowest BCUT2D eigenvalue weighted by Gasteiger charge is -2.09. The maximum Gasteiger partial charge on any atom is 0.249 e. The molecule has 0 spiro atoms. The number of nitriles is 1. The fraction of sp³-hybridized carbons (Fsp3) is 0.105. The number of hydrazone groups is 1. The summed E-state index contributed by atoms with van der Waals surface area (Å²) in [5.74, 6) is 11.7. The third-order valence-electron chi connectivity index (χ3n) is 4.01. The van der Waals surface area contributed by atoms with E-state index in [1.807, 2.05) is 42.6 Å². The molecule has 2 heterocycles. The van der Waals surface area contributed by atoms with Crippen LogP contribution in [0.3, 0.4) is 0 Å².